The van der Waals surface area contributed by atoms with Crippen molar-refractivity contribution in [3.63, 3.8) is 0 Å². The zero-order valence-corrected chi connectivity index (χ0v) is 17.6. The van der Waals surface area contributed by atoms with Crippen molar-refractivity contribution < 1.29 is 0 Å². The fourth-order valence-corrected chi connectivity index (χ4v) is 10.2. The second-order valence-electron chi connectivity index (χ2n) is 7.83. The summed E-state index contributed by atoms with van der Waals surface area (Å²) in [5.41, 5.74) is 5.27. The predicted molar refractivity (Wildman–Crippen MR) is 119 cm³/mol. The number of hydrogen-bond donors (Lipinski definition) is 0. The molecule has 2 heterocycles. The van der Waals surface area contributed by atoms with Gasteiger partial charge in [-0.15, -0.1) is 0 Å². The van der Waals surface area contributed by atoms with Gasteiger partial charge in [-0.1, -0.05) is 78.9 Å². The van der Waals surface area contributed by atoms with Gasteiger partial charge in [-0.25, -0.2) is 4.98 Å². The first-order valence-electron chi connectivity index (χ1n) is 9.89. The van der Waals surface area contributed by atoms with Gasteiger partial charge in [0.05, 0.1) is 11.4 Å². The van der Waals surface area contributed by atoms with Crippen LogP contribution in [0.15, 0.2) is 78.9 Å². The lowest BCUT2D eigenvalue weighted by atomic mass is 10.1. The van der Waals surface area contributed by atoms with Crippen LogP contribution in [0.2, 0.25) is 0 Å². The SMILES string of the molecule is Cc1cccc2c1-n1c(C)nc(C)c1[Si](c1ccccc1)(c1ccccc1)C2. The molecular weight excluding hydrogens is 356 g/mol. The summed E-state index contributed by atoms with van der Waals surface area (Å²) in [4.78, 5) is 4.98. The van der Waals surface area contributed by atoms with Gasteiger partial charge in [-0.2, -0.15) is 0 Å². The quantitative estimate of drug-likeness (QED) is 0.488. The molecule has 0 atom stereocenters. The number of nitrogens with zero attached hydrogens (tertiary/aromatic N) is 2. The van der Waals surface area contributed by atoms with Crippen molar-refractivity contribution in [2.75, 3.05) is 0 Å². The number of benzene rings is 3. The molecule has 0 fully saturated rings. The number of imidazole rings is 1. The monoisotopic (exact) mass is 380 g/mol. The average molecular weight is 381 g/mol. The molecule has 28 heavy (non-hydrogen) atoms. The van der Waals surface area contributed by atoms with Gasteiger partial charge in [0.1, 0.15) is 5.82 Å². The minimum Gasteiger partial charge on any atom is -0.304 e. The summed E-state index contributed by atoms with van der Waals surface area (Å²) in [5.74, 6) is 1.09. The fraction of sp³-hybridized carbons (Fsp3) is 0.160. The molecule has 0 unspecified atom stereocenters. The third-order valence-electron chi connectivity index (χ3n) is 6.16. The van der Waals surface area contributed by atoms with Crippen LogP contribution in [0.3, 0.4) is 0 Å². The second-order valence-corrected chi connectivity index (χ2v) is 11.6. The van der Waals surface area contributed by atoms with Gasteiger partial charge < -0.3 is 4.57 Å². The number of aromatic nitrogens is 2. The Morgan fingerprint density at radius 1 is 0.750 bits per heavy atom. The molecule has 0 N–H and O–H groups in total. The maximum absolute atomic E-state index is 4.98. The first-order chi connectivity index (χ1) is 13.6. The van der Waals surface area contributed by atoms with Crippen molar-refractivity contribution in [2.45, 2.75) is 26.8 Å². The van der Waals surface area contributed by atoms with Gasteiger partial charge in [0.2, 0.25) is 0 Å². The maximum Gasteiger partial charge on any atom is 0.176 e. The molecule has 0 aliphatic carbocycles. The molecule has 0 saturated heterocycles. The Hall–Kier alpha value is -2.91. The Labute approximate surface area is 167 Å². The molecule has 3 aromatic carbocycles. The van der Waals surface area contributed by atoms with Crippen molar-refractivity contribution in [2.24, 2.45) is 0 Å². The summed E-state index contributed by atoms with van der Waals surface area (Å²) in [7, 11) is -2.25. The molecule has 0 spiro atoms. The number of rotatable bonds is 2. The normalized spacial score (nSPS) is 14.4. The van der Waals surface area contributed by atoms with Gasteiger partial charge in [-0.3, -0.25) is 0 Å². The van der Waals surface area contributed by atoms with Gasteiger partial charge >= 0.3 is 0 Å². The molecule has 0 saturated carbocycles. The van der Waals surface area contributed by atoms with Crippen LogP contribution in [0.5, 0.6) is 0 Å². The first-order valence-corrected chi connectivity index (χ1v) is 12.1. The predicted octanol–water partition coefficient (Wildman–Crippen LogP) is 3.36. The highest BCUT2D eigenvalue weighted by molar-refractivity contribution is 7.11. The summed E-state index contributed by atoms with van der Waals surface area (Å²) in [6.07, 6.45) is 0. The number of aryl methyl sites for hydroxylation is 3. The van der Waals surface area contributed by atoms with E-state index in [1.807, 2.05) is 0 Å². The number of para-hydroxylation sites is 1. The van der Waals surface area contributed by atoms with E-state index in [2.05, 4.69) is 104 Å². The molecule has 2 nitrogen and oxygen atoms in total. The van der Waals surface area contributed by atoms with Crippen LogP contribution in [0.1, 0.15) is 22.6 Å². The van der Waals surface area contributed by atoms with Gasteiger partial charge in [-0.05, 0) is 48.3 Å². The van der Waals surface area contributed by atoms with Crippen molar-refractivity contribution in [3.8, 4) is 5.69 Å². The third kappa shape index (κ3) is 2.29. The molecule has 5 rings (SSSR count). The number of hydrogen-bond acceptors (Lipinski definition) is 1. The van der Waals surface area contributed by atoms with Gasteiger partial charge in [0.15, 0.2) is 8.07 Å². The van der Waals surface area contributed by atoms with Crippen LogP contribution < -0.4 is 15.7 Å². The number of fused-ring (bicyclic) bond motifs is 3. The van der Waals surface area contributed by atoms with Crippen LogP contribution in [0.4, 0.5) is 0 Å². The van der Waals surface area contributed by atoms with Crippen molar-refractivity contribution in [1.82, 2.24) is 9.55 Å². The van der Waals surface area contributed by atoms with Crippen LogP contribution in [0, 0.1) is 20.8 Å². The van der Waals surface area contributed by atoms with Crippen LogP contribution >= 0.6 is 0 Å². The minimum absolute atomic E-state index is 1.07. The molecule has 0 amide bonds. The maximum atomic E-state index is 4.98. The van der Waals surface area contributed by atoms with E-state index in [-0.39, 0.29) is 0 Å². The summed E-state index contributed by atoms with van der Waals surface area (Å²) in [5, 5.41) is 4.35. The molecule has 1 aliphatic heterocycles. The van der Waals surface area contributed by atoms with Crippen molar-refractivity contribution in [1.29, 1.82) is 0 Å². The lowest BCUT2D eigenvalue weighted by molar-refractivity contribution is 0.950. The summed E-state index contributed by atoms with van der Waals surface area (Å²) in [6.45, 7) is 6.56. The topological polar surface area (TPSA) is 17.8 Å². The van der Waals surface area contributed by atoms with E-state index in [1.165, 1.54) is 38.2 Å². The minimum atomic E-state index is -2.25. The fourth-order valence-electron chi connectivity index (χ4n) is 5.08. The van der Waals surface area contributed by atoms with E-state index in [0.29, 0.717) is 0 Å². The third-order valence-corrected chi connectivity index (χ3v) is 11.1. The zero-order chi connectivity index (χ0) is 19.3. The van der Waals surface area contributed by atoms with Crippen molar-refractivity contribution in [3.05, 3.63) is 102 Å². The van der Waals surface area contributed by atoms with Crippen LogP contribution in [-0.2, 0) is 6.04 Å². The Morgan fingerprint density at radius 3 is 1.96 bits per heavy atom. The van der Waals surface area contributed by atoms with Gasteiger partial charge in [0, 0.05) is 5.32 Å². The van der Waals surface area contributed by atoms with Crippen LogP contribution in [-0.4, -0.2) is 17.6 Å². The smallest absolute Gasteiger partial charge is 0.176 e. The molecular formula is C25H24N2Si. The first kappa shape index (κ1) is 17.2. The van der Waals surface area contributed by atoms with E-state index < -0.39 is 8.07 Å². The average Bonchev–Trinajstić information content (AvgIpc) is 3.03. The highest BCUT2D eigenvalue weighted by Crippen LogP contribution is 2.30. The lowest BCUT2D eigenvalue weighted by Crippen LogP contribution is -2.72. The molecule has 0 radical (unpaired) electrons. The standard InChI is InChI=1S/C25H24N2Si/c1-18-11-10-12-21-17-28(22-13-6-4-7-14-22,23-15-8-5-9-16-23)25-19(2)26-20(3)27(25)24(18)21/h4-16H,17H2,1-3H3. The molecule has 1 aromatic heterocycles. The Morgan fingerprint density at radius 2 is 1.36 bits per heavy atom. The Kier molecular flexibility index (Phi) is 3.88. The lowest BCUT2D eigenvalue weighted by Gasteiger charge is -2.39. The summed E-state index contributed by atoms with van der Waals surface area (Å²) < 4.78 is 2.47. The Balaban J connectivity index is 1.95. The van der Waals surface area contributed by atoms with Crippen LogP contribution in [0.25, 0.3) is 5.69 Å². The van der Waals surface area contributed by atoms with Crippen molar-refractivity contribution >= 4 is 23.8 Å². The second kappa shape index (κ2) is 6.32. The van der Waals surface area contributed by atoms with E-state index in [0.717, 1.165) is 11.9 Å². The van der Waals surface area contributed by atoms with E-state index in [4.69, 9.17) is 4.98 Å². The summed E-state index contributed by atoms with van der Waals surface area (Å²) >= 11 is 0. The summed E-state index contributed by atoms with van der Waals surface area (Å²) in [6, 6.07) is 30.1. The van der Waals surface area contributed by atoms with E-state index in [1.54, 1.807) is 0 Å². The molecule has 1 aliphatic rings. The molecule has 138 valence electrons. The zero-order valence-electron chi connectivity index (χ0n) is 16.6. The molecule has 4 aromatic rings. The Bertz CT molecular complexity index is 1120. The molecule has 3 heteroatoms. The largest absolute Gasteiger partial charge is 0.304 e. The van der Waals surface area contributed by atoms with E-state index in [9.17, 15) is 0 Å². The van der Waals surface area contributed by atoms with Gasteiger partial charge in [0.25, 0.3) is 0 Å². The highest BCUT2D eigenvalue weighted by Gasteiger charge is 2.47. The van der Waals surface area contributed by atoms with E-state index >= 15 is 0 Å². The molecule has 0 bridgehead atoms. The highest BCUT2D eigenvalue weighted by atomic mass is 28.3.